The molecular weight excluding hydrogens is 296 g/mol. The average molecular weight is 316 g/mol. The molecule has 4 nitrogen and oxygen atoms in total. The summed E-state index contributed by atoms with van der Waals surface area (Å²) in [6.45, 7) is 5.91. The van der Waals surface area contributed by atoms with E-state index in [2.05, 4.69) is 10.3 Å². The molecule has 0 aliphatic heterocycles. The third-order valence-corrected chi connectivity index (χ3v) is 3.56. The zero-order chi connectivity index (χ0) is 16.0. The van der Waals surface area contributed by atoms with Crippen LogP contribution in [-0.4, -0.2) is 16.7 Å². The van der Waals surface area contributed by atoms with Crippen LogP contribution in [0.4, 0.5) is 4.79 Å². The second kappa shape index (κ2) is 7.31. The standard InChI is InChI=1S/C17H20N2O2S/c1-17(2,3)21-16(20)19-12-13-9-10-15(18-11-13)22-14-7-5-4-6-8-14/h4-11H,12H2,1-3H3,(H,19,20). The van der Waals surface area contributed by atoms with Crippen molar-refractivity contribution in [1.82, 2.24) is 10.3 Å². The Labute approximate surface area is 135 Å². The number of rotatable bonds is 4. The number of carbonyl (C=O) groups is 1. The summed E-state index contributed by atoms with van der Waals surface area (Å²) in [6, 6.07) is 14.0. The second-order valence-electron chi connectivity index (χ2n) is 5.78. The SMILES string of the molecule is CC(C)(C)OC(=O)NCc1ccc(Sc2ccccc2)nc1. The second-order valence-corrected chi connectivity index (χ2v) is 6.87. The molecule has 0 atom stereocenters. The Morgan fingerprint density at radius 2 is 1.91 bits per heavy atom. The Balaban J connectivity index is 1.86. The van der Waals surface area contributed by atoms with Crippen LogP contribution < -0.4 is 5.32 Å². The highest BCUT2D eigenvalue weighted by atomic mass is 32.2. The Morgan fingerprint density at radius 1 is 1.18 bits per heavy atom. The zero-order valence-corrected chi connectivity index (χ0v) is 13.8. The van der Waals surface area contributed by atoms with Crippen LogP contribution in [-0.2, 0) is 11.3 Å². The van der Waals surface area contributed by atoms with Gasteiger partial charge in [-0.3, -0.25) is 0 Å². The van der Waals surface area contributed by atoms with Crippen LogP contribution in [0.3, 0.4) is 0 Å². The van der Waals surface area contributed by atoms with Gasteiger partial charge in [0.2, 0.25) is 0 Å². The molecule has 1 N–H and O–H groups in total. The third kappa shape index (κ3) is 5.77. The van der Waals surface area contributed by atoms with Gasteiger partial charge in [-0.25, -0.2) is 9.78 Å². The van der Waals surface area contributed by atoms with Gasteiger partial charge in [-0.05, 0) is 44.5 Å². The summed E-state index contributed by atoms with van der Waals surface area (Å²) in [4.78, 5) is 17.1. The van der Waals surface area contributed by atoms with Crippen LogP contribution >= 0.6 is 11.8 Å². The van der Waals surface area contributed by atoms with Crippen LogP contribution in [0.2, 0.25) is 0 Å². The van der Waals surface area contributed by atoms with Gasteiger partial charge in [0.05, 0.1) is 0 Å². The molecule has 5 heteroatoms. The number of carbonyl (C=O) groups excluding carboxylic acids is 1. The number of benzene rings is 1. The quantitative estimate of drug-likeness (QED) is 0.916. The lowest BCUT2D eigenvalue weighted by atomic mass is 10.2. The van der Waals surface area contributed by atoms with Crippen molar-refractivity contribution < 1.29 is 9.53 Å². The molecule has 0 radical (unpaired) electrons. The van der Waals surface area contributed by atoms with E-state index in [0.717, 1.165) is 15.5 Å². The van der Waals surface area contributed by atoms with E-state index in [-0.39, 0.29) is 0 Å². The van der Waals surface area contributed by atoms with Crippen molar-refractivity contribution in [2.45, 2.75) is 42.8 Å². The minimum absolute atomic E-state index is 0.401. The van der Waals surface area contributed by atoms with Gasteiger partial charge in [-0.15, -0.1) is 0 Å². The number of nitrogens with one attached hydrogen (secondary N) is 1. The van der Waals surface area contributed by atoms with Crippen LogP contribution in [0, 0.1) is 0 Å². The maximum Gasteiger partial charge on any atom is 0.407 e. The maximum atomic E-state index is 11.6. The van der Waals surface area contributed by atoms with Gasteiger partial charge in [-0.2, -0.15) is 0 Å². The van der Waals surface area contributed by atoms with E-state index < -0.39 is 11.7 Å². The van der Waals surface area contributed by atoms with Gasteiger partial charge in [0.1, 0.15) is 10.6 Å². The summed E-state index contributed by atoms with van der Waals surface area (Å²) in [7, 11) is 0. The summed E-state index contributed by atoms with van der Waals surface area (Å²) in [5, 5.41) is 3.64. The molecule has 1 heterocycles. The summed E-state index contributed by atoms with van der Waals surface area (Å²) in [5.41, 5.74) is 0.446. The predicted molar refractivity (Wildman–Crippen MR) is 87.9 cm³/mol. The lowest BCUT2D eigenvalue weighted by Crippen LogP contribution is -2.32. The van der Waals surface area contributed by atoms with Crippen LogP contribution in [0.1, 0.15) is 26.3 Å². The van der Waals surface area contributed by atoms with E-state index >= 15 is 0 Å². The van der Waals surface area contributed by atoms with Crippen molar-refractivity contribution >= 4 is 17.9 Å². The Hall–Kier alpha value is -2.01. The fourth-order valence-electron chi connectivity index (χ4n) is 1.67. The minimum Gasteiger partial charge on any atom is -0.444 e. The Kier molecular flexibility index (Phi) is 5.44. The number of amides is 1. The van der Waals surface area contributed by atoms with Crippen molar-refractivity contribution in [2.24, 2.45) is 0 Å². The van der Waals surface area contributed by atoms with E-state index in [4.69, 9.17) is 4.74 Å². The van der Waals surface area contributed by atoms with E-state index in [1.165, 1.54) is 0 Å². The molecule has 22 heavy (non-hydrogen) atoms. The normalized spacial score (nSPS) is 11.0. The van der Waals surface area contributed by atoms with Gasteiger partial charge < -0.3 is 10.1 Å². The van der Waals surface area contributed by atoms with Gasteiger partial charge in [-0.1, -0.05) is 36.0 Å². The third-order valence-electron chi connectivity index (χ3n) is 2.60. The first-order valence-electron chi connectivity index (χ1n) is 7.07. The molecule has 0 saturated heterocycles. The number of aromatic nitrogens is 1. The van der Waals surface area contributed by atoms with Crippen LogP contribution in [0.5, 0.6) is 0 Å². The molecular formula is C17H20N2O2S. The number of nitrogens with zero attached hydrogens (tertiary/aromatic N) is 1. The van der Waals surface area contributed by atoms with Crippen LogP contribution in [0.15, 0.2) is 58.6 Å². The molecule has 0 aliphatic rings. The minimum atomic E-state index is -0.488. The summed E-state index contributed by atoms with van der Waals surface area (Å²) < 4.78 is 5.19. The molecule has 0 fully saturated rings. The Morgan fingerprint density at radius 3 is 2.50 bits per heavy atom. The molecule has 1 aromatic carbocycles. The van der Waals surface area contributed by atoms with Crippen molar-refractivity contribution in [3.8, 4) is 0 Å². The first-order valence-corrected chi connectivity index (χ1v) is 7.89. The van der Waals surface area contributed by atoms with Gasteiger partial charge >= 0.3 is 6.09 Å². The monoisotopic (exact) mass is 316 g/mol. The lowest BCUT2D eigenvalue weighted by Gasteiger charge is -2.19. The predicted octanol–water partition coefficient (Wildman–Crippen LogP) is 4.26. The number of ether oxygens (including phenoxy) is 1. The van der Waals surface area contributed by atoms with Crippen molar-refractivity contribution in [3.05, 3.63) is 54.2 Å². The highest BCUT2D eigenvalue weighted by Gasteiger charge is 2.15. The first kappa shape index (κ1) is 16.4. The zero-order valence-electron chi connectivity index (χ0n) is 13.0. The number of hydrogen-bond acceptors (Lipinski definition) is 4. The molecule has 116 valence electrons. The van der Waals surface area contributed by atoms with Gasteiger partial charge in [0.15, 0.2) is 0 Å². The average Bonchev–Trinajstić information content (AvgIpc) is 2.46. The molecule has 1 aromatic heterocycles. The molecule has 0 spiro atoms. The summed E-state index contributed by atoms with van der Waals surface area (Å²) >= 11 is 1.61. The molecule has 0 saturated carbocycles. The largest absolute Gasteiger partial charge is 0.444 e. The van der Waals surface area contributed by atoms with E-state index in [0.29, 0.717) is 6.54 Å². The highest BCUT2D eigenvalue weighted by molar-refractivity contribution is 7.99. The molecule has 0 unspecified atom stereocenters. The highest BCUT2D eigenvalue weighted by Crippen LogP contribution is 2.25. The lowest BCUT2D eigenvalue weighted by molar-refractivity contribution is 0.0523. The molecule has 1 amide bonds. The fraction of sp³-hybridized carbons (Fsp3) is 0.294. The van der Waals surface area contributed by atoms with Crippen LogP contribution in [0.25, 0.3) is 0 Å². The van der Waals surface area contributed by atoms with Gasteiger partial charge in [0.25, 0.3) is 0 Å². The van der Waals surface area contributed by atoms with E-state index in [1.54, 1.807) is 18.0 Å². The first-order chi connectivity index (χ1) is 10.4. The van der Waals surface area contributed by atoms with Crippen molar-refractivity contribution in [3.63, 3.8) is 0 Å². The van der Waals surface area contributed by atoms with E-state index in [9.17, 15) is 4.79 Å². The Bertz CT molecular complexity index is 607. The molecule has 2 aromatic rings. The summed E-state index contributed by atoms with van der Waals surface area (Å²) in [5.74, 6) is 0. The smallest absolute Gasteiger partial charge is 0.407 e. The number of hydrogen-bond donors (Lipinski definition) is 1. The van der Waals surface area contributed by atoms with Gasteiger partial charge in [0, 0.05) is 17.6 Å². The topological polar surface area (TPSA) is 51.2 Å². The fourth-order valence-corrected chi connectivity index (χ4v) is 2.45. The summed E-state index contributed by atoms with van der Waals surface area (Å²) in [6.07, 6.45) is 1.35. The number of pyridine rings is 1. The van der Waals surface area contributed by atoms with E-state index in [1.807, 2.05) is 63.2 Å². The molecule has 2 rings (SSSR count). The number of alkyl carbamates (subject to hydrolysis) is 1. The van der Waals surface area contributed by atoms with Crippen molar-refractivity contribution in [1.29, 1.82) is 0 Å². The maximum absolute atomic E-state index is 11.6. The molecule has 0 bridgehead atoms. The molecule has 0 aliphatic carbocycles. The van der Waals surface area contributed by atoms with Crippen molar-refractivity contribution in [2.75, 3.05) is 0 Å².